The highest BCUT2D eigenvalue weighted by molar-refractivity contribution is 5.86. The molecule has 3 aromatic rings. The standard InChI is InChI=1S/C17H15F2N5O2/c1-11(9-24-15-5-3-2-4-14(15)21-23-24)20-22-17(25)10-26-16-7-6-12(18)8-13(16)19/h2-8H,9-10H2,1H3,(H,22,25). The number of hydrazone groups is 1. The van der Waals surface area contributed by atoms with Crippen LogP contribution in [0.1, 0.15) is 6.92 Å². The normalized spacial score (nSPS) is 11.6. The van der Waals surface area contributed by atoms with Crippen molar-refractivity contribution in [1.29, 1.82) is 0 Å². The predicted octanol–water partition coefficient (Wildman–Crippen LogP) is 2.28. The summed E-state index contributed by atoms with van der Waals surface area (Å²) in [6.45, 7) is 1.61. The Morgan fingerprint density at radius 3 is 2.88 bits per heavy atom. The minimum absolute atomic E-state index is 0.212. The quantitative estimate of drug-likeness (QED) is 0.541. The Bertz CT molecular complexity index is 971. The average molecular weight is 359 g/mol. The van der Waals surface area contributed by atoms with Gasteiger partial charge in [-0.3, -0.25) is 4.79 Å². The lowest BCUT2D eigenvalue weighted by Gasteiger charge is -2.07. The molecule has 1 aromatic heterocycles. The largest absolute Gasteiger partial charge is 0.481 e. The molecule has 0 unspecified atom stereocenters. The maximum absolute atomic E-state index is 13.4. The Morgan fingerprint density at radius 1 is 1.27 bits per heavy atom. The molecule has 0 saturated carbocycles. The Hall–Kier alpha value is -3.36. The summed E-state index contributed by atoms with van der Waals surface area (Å²) in [4.78, 5) is 11.7. The highest BCUT2D eigenvalue weighted by Crippen LogP contribution is 2.17. The van der Waals surface area contributed by atoms with Gasteiger partial charge in [-0.05, 0) is 31.2 Å². The molecule has 1 N–H and O–H groups in total. The van der Waals surface area contributed by atoms with Crippen LogP contribution < -0.4 is 10.2 Å². The van der Waals surface area contributed by atoms with Crippen molar-refractivity contribution in [1.82, 2.24) is 20.4 Å². The number of aromatic nitrogens is 3. The van der Waals surface area contributed by atoms with Gasteiger partial charge in [0.2, 0.25) is 0 Å². The smallest absolute Gasteiger partial charge is 0.277 e. The Morgan fingerprint density at radius 2 is 2.08 bits per heavy atom. The van der Waals surface area contributed by atoms with Crippen LogP contribution in [0.25, 0.3) is 11.0 Å². The van der Waals surface area contributed by atoms with Gasteiger partial charge in [-0.2, -0.15) is 5.10 Å². The number of nitrogens with zero attached hydrogens (tertiary/aromatic N) is 4. The summed E-state index contributed by atoms with van der Waals surface area (Å²) in [5, 5.41) is 12.0. The third-order valence-corrected chi connectivity index (χ3v) is 3.42. The number of fused-ring (bicyclic) bond motifs is 1. The second-order valence-corrected chi connectivity index (χ2v) is 5.48. The Balaban J connectivity index is 1.54. The van der Waals surface area contributed by atoms with Gasteiger partial charge >= 0.3 is 0 Å². The fourth-order valence-corrected chi connectivity index (χ4v) is 2.21. The first kappa shape index (κ1) is 17.5. The lowest BCUT2D eigenvalue weighted by Crippen LogP contribution is -2.26. The first-order valence-electron chi connectivity index (χ1n) is 7.71. The first-order chi connectivity index (χ1) is 12.5. The fraction of sp³-hybridized carbons (Fsp3) is 0.176. The van der Waals surface area contributed by atoms with E-state index < -0.39 is 24.1 Å². The number of amides is 1. The molecule has 0 aliphatic carbocycles. The van der Waals surface area contributed by atoms with Crippen LogP contribution in [0.5, 0.6) is 5.75 Å². The number of hydrogen-bond acceptors (Lipinski definition) is 5. The first-order valence-corrected chi connectivity index (χ1v) is 7.71. The number of halogens is 2. The molecule has 0 saturated heterocycles. The number of benzene rings is 2. The van der Waals surface area contributed by atoms with Gasteiger partial charge in [-0.25, -0.2) is 18.9 Å². The van der Waals surface area contributed by atoms with Crippen LogP contribution in [0, 0.1) is 11.6 Å². The number of nitrogens with one attached hydrogen (secondary N) is 1. The van der Waals surface area contributed by atoms with E-state index in [4.69, 9.17) is 4.74 Å². The summed E-state index contributed by atoms with van der Waals surface area (Å²) in [7, 11) is 0. The summed E-state index contributed by atoms with van der Waals surface area (Å²) in [5.74, 6) is -2.39. The van der Waals surface area contributed by atoms with Crippen molar-refractivity contribution in [3.8, 4) is 5.75 Å². The molecule has 1 heterocycles. The Kier molecular flexibility index (Phi) is 5.16. The summed E-state index contributed by atoms with van der Waals surface area (Å²) >= 11 is 0. The van der Waals surface area contributed by atoms with E-state index in [0.717, 1.165) is 23.2 Å². The van der Waals surface area contributed by atoms with Crippen molar-refractivity contribution in [2.45, 2.75) is 13.5 Å². The molecule has 0 radical (unpaired) electrons. The molecular weight excluding hydrogens is 344 g/mol. The molecule has 2 aromatic carbocycles. The van der Waals surface area contributed by atoms with Crippen LogP contribution in [-0.2, 0) is 11.3 Å². The zero-order valence-corrected chi connectivity index (χ0v) is 13.8. The van der Waals surface area contributed by atoms with Gasteiger partial charge < -0.3 is 4.74 Å². The van der Waals surface area contributed by atoms with Crippen molar-refractivity contribution >= 4 is 22.7 Å². The third kappa shape index (κ3) is 4.18. The van der Waals surface area contributed by atoms with E-state index >= 15 is 0 Å². The molecule has 3 rings (SSSR count). The molecule has 0 atom stereocenters. The molecule has 7 nitrogen and oxygen atoms in total. The molecule has 0 aliphatic rings. The van der Waals surface area contributed by atoms with E-state index in [1.165, 1.54) is 0 Å². The molecule has 0 aliphatic heterocycles. The van der Waals surface area contributed by atoms with Gasteiger partial charge in [-0.15, -0.1) is 5.10 Å². The minimum Gasteiger partial charge on any atom is -0.481 e. The van der Waals surface area contributed by atoms with Gasteiger partial charge in [0.05, 0.1) is 17.8 Å². The van der Waals surface area contributed by atoms with Crippen molar-refractivity contribution < 1.29 is 18.3 Å². The highest BCUT2D eigenvalue weighted by Gasteiger charge is 2.08. The molecule has 0 spiro atoms. The predicted molar refractivity (Wildman–Crippen MR) is 90.6 cm³/mol. The zero-order chi connectivity index (χ0) is 18.5. The second-order valence-electron chi connectivity index (χ2n) is 5.48. The highest BCUT2D eigenvalue weighted by atomic mass is 19.1. The lowest BCUT2D eigenvalue weighted by atomic mass is 10.3. The molecule has 1 amide bonds. The van der Waals surface area contributed by atoms with Gasteiger partial charge in [0.1, 0.15) is 11.3 Å². The second kappa shape index (κ2) is 7.68. The number of ether oxygens (including phenoxy) is 1. The number of hydrogen-bond donors (Lipinski definition) is 1. The van der Waals surface area contributed by atoms with E-state index in [1.807, 2.05) is 24.3 Å². The van der Waals surface area contributed by atoms with E-state index in [9.17, 15) is 13.6 Å². The Labute approximate surface area is 147 Å². The van der Waals surface area contributed by atoms with Crippen LogP contribution in [0.4, 0.5) is 8.78 Å². The number of carbonyl (C=O) groups excluding carboxylic acids is 1. The molecule has 9 heteroatoms. The summed E-state index contributed by atoms with van der Waals surface area (Å²) < 4.78 is 32.9. The van der Waals surface area contributed by atoms with Gasteiger partial charge in [-0.1, -0.05) is 17.3 Å². The lowest BCUT2D eigenvalue weighted by molar-refractivity contribution is -0.123. The number of para-hydroxylation sites is 1. The average Bonchev–Trinajstić information content (AvgIpc) is 3.02. The molecular formula is C17H15F2N5O2. The molecule has 0 fully saturated rings. The molecule has 26 heavy (non-hydrogen) atoms. The van der Waals surface area contributed by atoms with Crippen LogP contribution in [-0.4, -0.2) is 33.2 Å². The third-order valence-electron chi connectivity index (χ3n) is 3.42. The fourth-order valence-electron chi connectivity index (χ4n) is 2.21. The van der Waals surface area contributed by atoms with Gasteiger partial charge in [0.25, 0.3) is 5.91 Å². The van der Waals surface area contributed by atoms with Crippen LogP contribution in [0.15, 0.2) is 47.6 Å². The van der Waals surface area contributed by atoms with Crippen molar-refractivity contribution in [3.05, 3.63) is 54.1 Å². The number of rotatable bonds is 6. The van der Waals surface area contributed by atoms with E-state index in [2.05, 4.69) is 20.8 Å². The van der Waals surface area contributed by atoms with Crippen molar-refractivity contribution in [3.63, 3.8) is 0 Å². The van der Waals surface area contributed by atoms with Gasteiger partial charge in [0.15, 0.2) is 18.2 Å². The maximum atomic E-state index is 13.4. The summed E-state index contributed by atoms with van der Waals surface area (Å²) in [6, 6.07) is 10.3. The maximum Gasteiger partial charge on any atom is 0.277 e. The van der Waals surface area contributed by atoms with E-state index in [-0.39, 0.29) is 5.75 Å². The minimum atomic E-state index is -0.879. The molecule has 0 bridgehead atoms. The summed E-state index contributed by atoms with van der Waals surface area (Å²) in [6.07, 6.45) is 0. The topological polar surface area (TPSA) is 81.4 Å². The number of carbonyl (C=O) groups is 1. The van der Waals surface area contributed by atoms with E-state index in [0.29, 0.717) is 18.3 Å². The SMILES string of the molecule is CC(Cn1nnc2ccccc21)=NNC(=O)COc1ccc(F)cc1F. The monoisotopic (exact) mass is 359 g/mol. The van der Waals surface area contributed by atoms with E-state index in [1.54, 1.807) is 11.6 Å². The zero-order valence-electron chi connectivity index (χ0n) is 13.8. The van der Waals surface area contributed by atoms with Crippen LogP contribution in [0.3, 0.4) is 0 Å². The summed E-state index contributed by atoms with van der Waals surface area (Å²) in [5.41, 5.74) is 4.51. The molecule has 134 valence electrons. The van der Waals surface area contributed by atoms with Crippen LogP contribution in [0.2, 0.25) is 0 Å². The van der Waals surface area contributed by atoms with Crippen molar-refractivity contribution in [2.24, 2.45) is 5.10 Å². The van der Waals surface area contributed by atoms with Gasteiger partial charge in [0, 0.05) is 6.07 Å². The van der Waals surface area contributed by atoms with Crippen molar-refractivity contribution in [2.75, 3.05) is 6.61 Å². The van der Waals surface area contributed by atoms with Crippen LogP contribution >= 0.6 is 0 Å².